The third kappa shape index (κ3) is 2.67. The van der Waals surface area contributed by atoms with Gasteiger partial charge in [-0.25, -0.2) is 0 Å². The largest absolute Gasteiger partial charge is 0.490 e. The van der Waals surface area contributed by atoms with Gasteiger partial charge >= 0.3 is 0 Å². The van der Waals surface area contributed by atoms with E-state index in [1.165, 1.54) is 16.3 Å². The highest BCUT2D eigenvalue weighted by atomic mass is 28.3. The van der Waals surface area contributed by atoms with E-state index in [0.717, 1.165) is 12.2 Å². The summed E-state index contributed by atoms with van der Waals surface area (Å²) in [6.07, 6.45) is 5.27. The minimum absolute atomic E-state index is 0.556. The quantitative estimate of drug-likeness (QED) is 0.589. The maximum absolute atomic E-state index is 5.90. The van der Waals surface area contributed by atoms with Crippen molar-refractivity contribution in [2.24, 2.45) is 0 Å². The molecule has 2 aromatic rings. The van der Waals surface area contributed by atoms with Crippen LogP contribution < -0.4 is 9.92 Å². The molecule has 1 aliphatic rings. The van der Waals surface area contributed by atoms with E-state index < -0.39 is 8.07 Å². The van der Waals surface area contributed by atoms with Gasteiger partial charge in [-0.05, 0) is 28.8 Å². The molecule has 0 amide bonds. The van der Waals surface area contributed by atoms with Gasteiger partial charge in [0.15, 0.2) is 0 Å². The molecular weight excluding hydrogens is 284 g/mol. The van der Waals surface area contributed by atoms with Crippen LogP contribution in [0.3, 0.4) is 0 Å². The minimum atomic E-state index is -1.74. The van der Waals surface area contributed by atoms with E-state index in [0.29, 0.717) is 6.61 Å². The van der Waals surface area contributed by atoms with Crippen molar-refractivity contribution >= 4 is 19.3 Å². The molecule has 3 rings (SSSR count). The van der Waals surface area contributed by atoms with Gasteiger partial charge in [-0.15, -0.1) is 0 Å². The number of para-hydroxylation sites is 1. The zero-order valence-electron chi connectivity index (χ0n) is 13.3. The SMILES string of the molecule is C=CCOc1ccccc1[Si](C)(C)C1=Cc2ccccc2C1. The summed E-state index contributed by atoms with van der Waals surface area (Å²) in [5.41, 5.74) is 2.82. The topological polar surface area (TPSA) is 9.23 Å². The zero-order chi connectivity index (χ0) is 15.6. The number of fused-ring (bicyclic) bond motifs is 1. The number of hydrogen-bond donors (Lipinski definition) is 0. The summed E-state index contributed by atoms with van der Waals surface area (Å²) in [5.74, 6) is 1.01. The Kier molecular flexibility index (Phi) is 4.03. The van der Waals surface area contributed by atoms with E-state index in [9.17, 15) is 0 Å². The van der Waals surface area contributed by atoms with Crippen LogP contribution in [0.2, 0.25) is 13.1 Å². The lowest BCUT2D eigenvalue weighted by atomic mass is 10.1. The number of ether oxygens (including phenoxy) is 1. The maximum atomic E-state index is 5.90. The highest BCUT2D eigenvalue weighted by molar-refractivity contribution is 6.96. The molecule has 0 saturated carbocycles. The second-order valence-electron chi connectivity index (χ2n) is 6.27. The van der Waals surface area contributed by atoms with Crippen LogP contribution in [0.1, 0.15) is 11.1 Å². The monoisotopic (exact) mass is 306 g/mol. The number of allylic oxidation sites excluding steroid dienone is 1. The van der Waals surface area contributed by atoms with Crippen molar-refractivity contribution in [1.29, 1.82) is 0 Å². The molecule has 0 N–H and O–H groups in total. The van der Waals surface area contributed by atoms with Crippen LogP contribution in [0.5, 0.6) is 5.75 Å². The van der Waals surface area contributed by atoms with Crippen LogP contribution in [0, 0.1) is 0 Å². The summed E-state index contributed by atoms with van der Waals surface area (Å²) in [4.78, 5) is 0. The first-order valence-electron chi connectivity index (χ1n) is 7.75. The van der Waals surface area contributed by atoms with Crippen LogP contribution >= 0.6 is 0 Å². The van der Waals surface area contributed by atoms with Crippen LogP contribution in [0.4, 0.5) is 0 Å². The van der Waals surface area contributed by atoms with Crippen LogP contribution in [-0.2, 0) is 6.42 Å². The molecule has 2 aromatic carbocycles. The molecule has 1 aliphatic carbocycles. The van der Waals surface area contributed by atoms with Crippen molar-refractivity contribution < 1.29 is 4.74 Å². The van der Waals surface area contributed by atoms with Gasteiger partial charge in [0.25, 0.3) is 0 Å². The van der Waals surface area contributed by atoms with E-state index in [1.807, 2.05) is 6.07 Å². The van der Waals surface area contributed by atoms with Crippen molar-refractivity contribution in [3.05, 3.63) is 77.5 Å². The van der Waals surface area contributed by atoms with E-state index >= 15 is 0 Å². The molecule has 0 aliphatic heterocycles. The average Bonchev–Trinajstić information content (AvgIpc) is 2.98. The normalized spacial score (nSPS) is 13.5. The lowest BCUT2D eigenvalue weighted by molar-refractivity contribution is 0.366. The molecule has 0 radical (unpaired) electrons. The highest BCUT2D eigenvalue weighted by Gasteiger charge is 2.33. The summed E-state index contributed by atoms with van der Waals surface area (Å²) in [7, 11) is -1.74. The summed E-state index contributed by atoms with van der Waals surface area (Å²) < 4.78 is 5.90. The Morgan fingerprint density at radius 2 is 1.82 bits per heavy atom. The first-order valence-corrected chi connectivity index (χ1v) is 10.7. The van der Waals surface area contributed by atoms with Gasteiger partial charge < -0.3 is 4.74 Å². The summed E-state index contributed by atoms with van der Waals surface area (Å²) in [6.45, 7) is 9.14. The Balaban J connectivity index is 1.96. The van der Waals surface area contributed by atoms with Gasteiger partial charge in [0, 0.05) is 0 Å². The standard InChI is InChI=1S/C20H22OSi/c1-4-13-21-19-11-7-8-12-20(19)22(2,3)18-14-16-9-5-6-10-17(16)15-18/h4-12,14H,1,13,15H2,2-3H3. The van der Waals surface area contributed by atoms with Gasteiger partial charge in [-0.2, -0.15) is 0 Å². The molecule has 0 fully saturated rings. The number of hydrogen-bond acceptors (Lipinski definition) is 1. The highest BCUT2D eigenvalue weighted by Crippen LogP contribution is 2.32. The van der Waals surface area contributed by atoms with Gasteiger partial charge in [0.2, 0.25) is 0 Å². The first kappa shape index (κ1) is 14.9. The van der Waals surface area contributed by atoms with Crippen LogP contribution in [0.25, 0.3) is 6.08 Å². The molecule has 0 aromatic heterocycles. The Labute approximate surface area is 134 Å². The molecule has 112 valence electrons. The Hall–Kier alpha value is -2.06. The molecule has 0 saturated heterocycles. The lowest BCUT2D eigenvalue weighted by Gasteiger charge is -2.27. The van der Waals surface area contributed by atoms with E-state index in [1.54, 1.807) is 11.3 Å². The van der Waals surface area contributed by atoms with Crippen LogP contribution in [-0.4, -0.2) is 14.7 Å². The molecule has 0 unspecified atom stereocenters. The molecule has 22 heavy (non-hydrogen) atoms. The van der Waals surface area contributed by atoms with Gasteiger partial charge in [0.05, 0.1) is 0 Å². The van der Waals surface area contributed by atoms with Crippen molar-refractivity contribution in [3.63, 3.8) is 0 Å². The molecule has 2 heteroatoms. The lowest BCUT2D eigenvalue weighted by Crippen LogP contribution is -2.44. The molecule has 0 spiro atoms. The van der Waals surface area contributed by atoms with E-state index in [-0.39, 0.29) is 0 Å². The predicted octanol–water partition coefficient (Wildman–Crippen LogP) is 4.35. The summed E-state index contributed by atoms with van der Waals surface area (Å²) in [6, 6.07) is 17.2. The Bertz CT molecular complexity index is 728. The van der Waals surface area contributed by atoms with Crippen molar-refractivity contribution in [2.45, 2.75) is 19.5 Å². The predicted molar refractivity (Wildman–Crippen MR) is 97.4 cm³/mol. The smallest absolute Gasteiger partial charge is 0.119 e. The fraction of sp³-hybridized carbons (Fsp3) is 0.200. The second kappa shape index (κ2) is 5.97. The van der Waals surface area contributed by atoms with Crippen molar-refractivity contribution in [1.82, 2.24) is 0 Å². The number of benzene rings is 2. The molecule has 0 atom stereocenters. The molecule has 0 heterocycles. The third-order valence-corrected chi connectivity index (χ3v) is 8.17. The van der Waals surface area contributed by atoms with Crippen molar-refractivity contribution in [3.8, 4) is 5.75 Å². The Morgan fingerprint density at radius 1 is 1.09 bits per heavy atom. The zero-order valence-corrected chi connectivity index (χ0v) is 14.3. The average molecular weight is 306 g/mol. The fourth-order valence-electron chi connectivity index (χ4n) is 3.11. The van der Waals surface area contributed by atoms with Crippen molar-refractivity contribution in [2.75, 3.05) is 6.61 Å². The second-order valence-corrected chi connectivity index (χ2v) is 10.7. The number of rotatable bonds is 5. The first-order chi connectivity index (χ1) is 10.6. The van der Waals surface area contributed by atoms with E-state index in [2.05, 4.69) is 68.2 Å². The fourth-order valence-corrected chi connectivity index (χ4v) is 5.89. The third-order valence-electron chi connectivity index (χ3n) is 4.49. The minimum Gasteiger partial charge on any atom is -0.490 e. The molecular formula is C20H22OSi. The van der Waals surface area contributed by atoms with Gasteiger partial charge in [0.1, 0.15) is 20.4 Å². The molecule has 0 bridgehead atoms. The van der Waals surface area contributed by atoms with E-state index in [4.69, 9.17) is 4.74 Å². The summed E-state index contributed by atoms with van der Waals surface area (Å²) in [5, 5.41) is 2.94. The van der Waals surface area contributed by atoms with Gasteiger partial charge in [-0.1, -0.05) is 79.5 Å². The van der Waals surface area contributed by atoms with Gasteiger partial charge in [-0.3, -0.25) is 0 Å². The Morgan fingerprint density at radius 3 is 2.59 bits per heavy atom. The summed E-state index contributed by atoms with van der Waals surface area (Å²) >= 11 is 0. The molecule has 1 nitrogen and oxygen atoms in total. The maximum Gasteiger partial charge on any atom is 0.119 e. The van der Waals surface area contributed by atoms with Crippen LogP contribution in [0.15, 0.2) is 66.4 Å².